The molecule has 0 amide bonds. The van der Waals surface area contributed by atoms with Gasteiger partial charge in [-0.25, -0.2) is 0 Å². The van der Waals surface area contributed by atoms with Crippen LogP contribution in [0.4, 0.5) is 5.69 Å². The van der Waals surface area contributed by atoms with Crippen molar-refractivity contribution >= 4 is 11.3 Å². The minimum absolute atomic E-state index is 0.258. The van der Waals surface area contributed by atoms with Gasteiger partial charge in [0.05, 0.1) is 11.6 Å². The summed E-state index contributed by atoms with van der Waals surface area (Å²) in [6, 6.07) is 3.54. The molecule has 0 bridgehead atoms. The molecule has 0 aliphatic heterocycles. The predicted octanol–water partition coefficient (Wildman–Crippen LogP) is 1.19. The number of nitrogens with zero attached hydrogens (tertiary/aromatic N) is 1. The summed E-state index contributed by atoms with van der Waals surface area (Å²) in [5.74, 6) is 0. The molecule has 0 atom stereocenters. The summed E-state index contributed by atoms with van der Waals surface area (Å²) < 4.78 is 0. The number of nitrogens with one attached hydrogen (secondary N) is 1. The first-order valence-corrected chi connectivity index (χ1v) is 4.12. The van der Waals surface area contributed by atoms with E-state index in [0.29, 0.717) is 22.5 Å². The van der Waals surface area contributed by atoms with Crippen molar-refractivity contribution in [2.45, 2.75) is 13.8 Å². The van der Waals surface area contributed by atoms with Crippen molar-refractivity contribution in [1.29, 1.82) is 5.26 Å². The molecule has 0 spiro atoms. The number of anilines is 1. The average Bonchev–Trinajstić information content (AvgIpc) is 2.01. The van der Waals surface area contributed by atoms with Crippen LogP contribution in [-0.2, 0) is 0 Å². The van der Waals surface area contributed by atoms with Crippen molar-refractivity contribution in [3.05, 3.63) is 33.8 Å². The molecule has 1 aromatic heterocycles. The number of pyridine rings is 1. The highest BCUT2D eigenvalue weighted by atomic mass is 16.1. The van der Waals surface area contributed by atoms with Crippen molar-refractivity contribution in [3.8, 4) is 6.07 Å². The van der Waals surface area contributed by atoms with Crippen molar-refractivity contribution in [2.75, 3.05) is 5.73 Å². The highest BCUT2D eigenvalue weighted by molar-refractivity contribution is 5.74. The Balaban J connectivity index is 3.45. The van der Waals surface area contributed by atoms with Crippen molar-refractivity contribution in [2.24, 2.45) is 0 Å². The molecule has 0 saturated carbocycles. The highest BCUT2D eigenvalue weighted by Gasteiger charge is 2.07. The minimum Gasteiger partial charge on any atom is -0.398 e. The third-order valence-electron chi connectivity index (χ3n) is 1.87. The second-order valence-electron chi connectivity index (χ2n) is 3.07. The van der Waals surface area contributed by atoms with Crippen molar-refractivity contribution in [3.63, 3.8) is 0 Å². The first-order valence-electron chi connectivity index (χ1n) is 4.12. The Bertz CT molecular complexity index is 477. The number of nitrogens with two attached hydrogens (primary N) is 1. The molecule has 3 N–H and O–H groups in total. The molecule has 0 radical (unpaired) electrons. The quantitative estimate of drug-likeness (QED) is 0.651. The number of aryl methyl sites for hydroxylation is 1. The van der Waals surface area contributed by atoms with E-state index in [1.54, 1.807) is 19.9 Å². The molecule has 1 heterocycles. The number of aromatic amines is 1. The van der Waals surface area contributed by atoms with E-state index in [4.69, 9.17) is 11.0 Å². The fraction of sp³-hybridized carbons (Fsp3) is 0.200. The van der Waals surface area contributed by atoms with Crippen LogP contribution in [0.3, 0.4) is 0 Å². The van der Waals surface area contributed by atoms with Gasteiger partial charge in [-0.05, 0) is 25.5 Å². The number of aromatic nitrogens is 1. The van der Waals surface area contributed by atoms with Gasteiger partial charge in [0.2, 0.25) is 0 Å². The monoisotopic (exact) mass is 189 g/mol. The lowest BCUT2D eigenvalue weighted by atomic mass is 10.1. The maximum Gasteiger partial charge on any atom is 0.257 e. The van der Waals surface area contributed by atoms with Gasteiger partial charge in [0.15, 0.2) is 0 Å². The molecule has 1 rings (SSSR count). The fourth-order valence-corrected chi connectivity index (χ4v) is 1.29. The molecule has 0 saturated heterocycles. The average molecular weight is 189 g/mol. The third kappa shape index (κ3) is 1.83. The first kappa shape index (κ1) is 10.1. The van der Waals surface area contributed by atoms with Gasteiger partial charge in [-0.15, -0.1) is 0 Å². The van der Waals surface area contributed by atoms with Crippen LogP contribution >= 0.6 is 0 Å². The lowest BCUT2D eigenvalue weighted by Crippen LogP contribution is -2.15. The van der Waals surface area contributed by atoms with Crippen LogP contribution in [0.5, 0.6) is 0 Å². The summed E-state index contributed by atoms with van der Waals surface area (Å²) in [7, 11) is 0. The third-order valence-corrected chi connectivity index (χ3v) is 1.87. The second-order valence-corrected chi connectivity index (χ2v) is 3.07. The Morgan fingerprint density at radius 2 is 2.36 bits per heavy atom. The van der Waals surface area contributed by atoms with Gasteiger partial charge in [0, 0.05) is 17.5 Å². The molecule has 4 nitrogen and oxygen atoms in total. The summed E-state index contributed by atoms with van der Waals surface area (Å²) in [5.41, 5.74) is 7.48. The van der Waals surface area contributed by atoms with Crippen LogP contribution in [0.25, 0.3) is 5.57 Å². The van der Waals surface area contributed by atoms with E-state index in [2.05, 4.69) is 4.98 Å². The van der Waals surface area contributed by atoms with Gasteiger partial charge in [0.1, 0.15) is 0 Å². The maximum absolute atomic E-state index is 11.5. The Kier molecular flexibility index (Phi) is 2.73. The Morgan fingerprint density at radius 1 is 1.71 bits per heavy atom. The van der Waals surface area contributed by atoms with Gasteiger partial charge in [-0.3, -0.25) is 4.79 Å². The lowest BCUT2D eigenvalue weighted by molar-refractivity contribution is 1.13. The van der Waals surface area contributed by atoms with Gasteiger partial charge in [0.25, 0.3) is 5.56 Å². The number of rotatable bonds is 1. The largest absolute Gasteiger partial charge is 0.398 e. The van der Waals surface area contributed by atoms with E-state index in [1.807, 2.05) is 6.07 Å². The van der Waals surface area contributed by atoms with E-state index in [0.717, 1.165) is 0 Å². The minimum atomic E-state index is -0.258. The number of allylic oxidation sites excluding steroid dienone is 2. The van der Waals surface area contributed by atoms with Crippen molar-refractivity contribution < 1.29 is 0 Å². The van der Waals surface area contributed by atoms with Gasteiger partial charge >= 0.3 is 0 Å². The summed E-state index contributed by atoms with van der Waals surface area (Å²) in [6.07, 6.45) is 1.30. The highest BCUT2D eigenvalue weighted by Crippen LogP contribution is 2.16. The molecular formula is C10H11N3O. The number of H-pyrrole nitrogens is 1. The smallest absolute Gasteiger partial charge is 0.257 e. The number of hydrogen-bond donors (Lipinski definition) is 2. The van der Waals surface area contributed by atoms with Gasteiger partial charge in [-0.2, -0.15) is 5.26 Å². The van der Waals surface area contributed by atoms with E-state index in [-0.39, 0.29) is 5.56 Å². The van der Waals surface area contributed by atoms with Crippen LogP contribution < -0.4 is 11.3 Å². The topological polar surface area (TPSA) is 82.7 Å². The zero-order chi connectivity index (χ0) is 10.7. The molecule has 0 aliphatic rings. The zero-order valence-corrected chi connectivity index (χ0v) is 8.09. The summed E-state index contributed by atoms with van der Waals surface area (Å²) >= 11 is 0. The molecule has 1 aromatic rings. The van der Waals surface area contributed by atoms with Gasteiger partial charge < -0.3 is 10.7 Å². The predicted molar refractivity (Wildman–Crippen MR) is 55.5 cm³/mol. The lowest BCUT2D eigenvalue weighted by Gasteiger charge is -2.04. The fourth-order valence-electron chi connectivity index (χ4n) is 1.29. The van der Waals surface area contributed by atoms with Crippen LogP contribution in [0.1, 0.15) is 18.2 Å². The number of nitrogen functional groups attached to an aromatic ring is 1. The molecule has 72 valence electrons. The van der Waals surface area contributed by atoms with E-state index < -0.39 is 0 Å². The molecule has 0 aromatic carbocycles. The Labute approximate surface area is 81.7 Å². The number of hydrogen-bond acceptors (Lipinski definition) is 3. The standard InChI is InChI=1S/C10H11N3O/c1-6(3-4-11)9-8(12)5-7(2)13-10(9)14/h3,5H,1-2H3,(H3,12,13,14)/b6-3+. The molecule has 0 aliphatic carbocycles. The summed E-state index contributed by atoms with van der Waals surface area (Å²) in [4.78, 5) is 14.1. The van der Waals surface area contributed by atoms with Crippen LogP contribution in [0, 0.1) is 18.3 Å². The van der Waals surface area contributed by atoms with Crippen LogP contribution in [0.2, 0.25) is 0 Å². The number of nitriles is 1. The maximum atomic E-state index is 11.5. The summed E-state index contributed by atoms with van der Waals surface area (Å²) in [6.45, 7) is 3.43. The molecule has 0 unspecified atom stereocenters. The molecular weight excluding hydrogens is 178 g/mol. The Morgan fingerprint density at radius 3 is 2.86 bits per heavy atom. The SMILES string of the molecule is C/C(=C\C#N)c1c(N)cc(C)[nH]c1=O. The molecule has 4 heteroatoms. The van der Waals surface area contributed by atoms with Crippen molar-refractivity contribution in [1.82, 2.24) is 4.98 Å². The zero-order valence-electron chi connectivity index (χ0n) is 8.09. The first-order chi connectivity index (χ1) is 6.56. The van der Waals surface area contributed by atoms with Gasteiger partial charge in [-0.1, -0.05) is 0 Å². The van der Waals surface area contributed by atoms with E-state index in [9.17, 15) is 4.79 Å². The second kappa shape index (κ2) is 3.79. The van der Waals surface area contributed by atoms with Crippen LogP contribution in [0.15, 0.2) is 16.9 Å². The Hall–Kier alpha value is -2.02. The van der Waals surface area contributed by atoms with Crippen LogP contribution in [-0.4, -0.2) is 4.98 Å². The van der Waals surface area contributed by atoms with E-state index in [1.165, 1.54) is 6.08 Å². The summed E-state index contributed by atoms with van der Waals surface area (Å²) in [5, 5.41) is 8.45. The molecule has 0 fully saturated rings. The van der Waals surface area contributed by atoms with E-state index >= 15 is 0 Å². The molecule has 14 heavy (non-hydrogen) atoms. The normalized spacial score (nSPS) is 11.1.